The van der Waals surface area contributed by atoms with Gasteiger partial charge in [0.2, 0.25) is 12.0 Å². The monoisotopic (exact) mass is 229 g/mol. The average molecular weight is 229 g/mol. The second-order valence-electron chi connectivity index (χ2n) is 2.92. The van der Waals surface area contributed by atoms with Gasteiger partial charge in [0.15, 0.2) is 6.10 Å². The van der Waals surface area contributed by atoms with Crippen LogP contribution in [0.3, 0.4) is 0 Å². The van der Waals surface area contributed by atoms with Crippen molar-refractivity contribution in [1.29, 1.82) is 0 Å². The minimum absolute atomic E-state index is 0.156. The Balaban J connectivity index is 2.70. The zero-order valence-electron chi connectivity index (χ0n) is 8.84. The van der Waals surface area contributed by atoms with Gasteiger partial charge in [-0.2, -0.15) is 0 Å². The second-order valence-corrected chi connectivity index (χ2v) is 2.92. The van der Waals surface area contributed by atoms with Gasteiger partial charge < -0.3 is 14.2 Å². The summed E-state index contributed by atoms with van der Waals surface area (Å²) < 4.78 is 13.9. The van der Waals surface area contributed by atoms with Crippen molar-refractivity contribution in [3.8, 4) is 0 Å². The number of hydrogen-bond acceptors (Lipinski definition) is 6. The normalized spacial score (nSPS) is 24.0. The molecule has 1 aliphatic rings. The quantitative estimate of drug-likeness (QED) is 0.502. The predicted molar refractivity (Wildman–Crippen MR) is 50.9 cm³/mol. The van der Waals surface area contributed by atoms with Crippen LogP contribution in [0.4, 0.5) is 4.79 Å². The van der Waals surface area contributed by atoms with Gasteiger partial charge in [0, 0.05) is 6.92 Å². The highest BCUT2D eigenvalue weighted by Crippen LogP contribution is 2.15. The molecule has 0 spiro atoms. The fourth-order valence-electron chi connectivity index (χ4n) is 1.07. The Morgan fingerprint density at radius 1 is 1.50 bits per heavy atom. The van der Waals surface area contributed by atoms with Gasteiger partial charge in [0.25, 0.3) is 0 Å². The maximum Gasteiger partial charge on any atom is 0.510 e. The average Bonchev–Trinajstić information content (AvgIpc) is 2.57. The van der Waals surface area contributed by atoms with Crippen molar-refractivity contribution in [2.45, 2.75) is 26.1 Å². The molecule has 0 aromatic carbocycles. The molecule has 1 aliphatic heterocycles. The first-order valence-corrected chi connectivity index (χ1v) is 4.63. The summed E-state index contributed by atoms with van der Waals surface area (Å²) in [5, 5.41) is 0. The Morgan fingerprint density at radius 2 is 2.19 bits per heavy atom. The van der Waals surface area contributed by atoms with Gasteiger partial charge >= 0.3 is 12.1 Å². The predicted octanol–water partition coefficient (Wildman–Crippen LogP) is 0.0708. The van der Waals surface area contributed by atoms with E-state index < -0.39 is 30.2 Å². The summed E-state index contributed by atoms with van der Waals surface area (Å²) in [4.78, 5) is 36.1. The molecule has 7 nitrogen and oxygen atoms in total. The van der Waals surface area contributed by atoms with Crippen molar-refractivity contribution in [3.63, 3.8) is 0 Å². The van der Waals surface area contributed by atoms with Crippen LogP contribution in [0.15, 0.2) is 4.99 Å². The molecule has 2 unspecified atom stereocenters. The smallest absolute Gasteiger partial charge is 0.463 e. The number of carbonyl (C=O) groups excluding carboxylic acids is 3. The number of hydrogen-bond donors (Lipinski definition) is 0. The topological polar surface area (TPSA) is 91.3 Å². The van der Waals surface area contributed by atoms with Gasteiger partial charge in [-0.05, 0) is 6.92 Å². The highest BCUT2D eigenvalue weighted by atomic mass is 16.8. The second kappa shape index (κ2) is 5.24. The molecule has 0 bridgehead atoms. The highest BCUT2D eigenvalue weighted by Gasteiger charge is 2.42. The number of ether oxygens (including phenoxy) is 3. The molecule has 1 rings (SSSR count). The van der Waals surface area contributed by atoms with Crippen LogP contribution in [-0.4, -0.2) is 43.1 Å². The van der Waals surface area contributed by atoms with E-state index in [4.69, 9.17) is 0 Å². The van der Waals surface area contributed by atoms with Gasteiger partial charge in [-0.25, -0.2) is 14.6 Å². The van der Waals surface area contributed by atoms with Crippen molar-refractivity contribution in [2.75, 3.05) is 6.61 Å². The van der Waals surface area contributed by atoms with Crippen LogP contribution in [0.25, 0.3) is 0 Å². The van der Waals surface area contributed by atoms with Crippen LogP contribution in [0.5, 0.6) is 0 Å². The molecule has 0 N–H and O–H groups in total. The third-order valence-electron chi connectivity index (χ3n) is 1.68. The fourth-order valence-corrected chi connectivity index (χ4v) is 1.07. The number of carbonyl (C=O) groups is 3. The molecule has 0 aliphatic carbocycles. The summed E-state index contributed by atoms with van der Waals surface area (Å²) in [6.07, 6.45) is -2.15. The highest BCUT2D eigenvalue weighted by molar-refractivity contribution is 5.91. The summed E-state index contributed by atoms with van der Waals surface area (Å²) in [5.41, 5.74) is 0. The lowest BCUT2D eigenvalue weighted by molar-refractivity contribution is -0.151. The Morgan fingerprint density at radius 3 is 2.75 bits per heavy atom. The van der Waals surface area contributed by atoms with Crippen molar-refractivity contribution in [2.24, 2.45) is 4.99 Å². The molecule has 88 valence electrons. The number of esters is 1. The van der Waals surface area contributed by atoms with Crippen LogP contribution < -0.4 is 0 Å². The number of cyclic esters (lactones) is 2. The summed E-state index contributed by atoms with van der Waals surface area (Å²) >= 11 is 0. The van der Waals surface area contributed by atoms with Gasteiger partial charge in [-0.15, -0.1) is 0 Å². The molecule has 7 heteroatoms. The van der Waals surface area contributed by atoms with Crippen molar-refractivity contribution >= 4 is 24.2 Å². The summed E-state index contributed by atoms with van der Waals surface area (Å²) in [6.45, 7) is 3.01. The minimum Gasteiger partial charge on any atom is -0.463 e. The molecule has 1 heterocycles. The molecule has 0 saturated carbocycles. The Bertz CT molecular complexity index is 337. The van der Waals surface area contributed by atoms with Crippen LogP contribution in [0.1, 0.15) is 13.8 Å². The van der Waals surface area contributed by atoms with E-state index in [-0.39, 0.29) is 6.61 Å². The number of nitrogens with zero attached hydrogens (tertiary/aromatic N) is 1. The lowest BCUT2D eigenvalue weighted by Gasteiger charge is -2.09. The largest absolute Gasteiger partial charge is 0.510 e. The molecule has 1 fully saturated rings. The van der Waals surface area contributed by atoms with Gasteiger partial charge in [0.05, 0.1) is 12.8 Å². The Labute approximate surface area is 91.4 Å². The third kappa shape index (κ3) is 3.04. The minimum atomic E-state index is -1.20. The molecule has 0 aromatic rings. The van der Waals surface area contributed by atoms with E-state index in [0.29, 0.717) is 0 Å². The number of amides is 1. The molecule has 16 heavy (non-hydrogen) atoms. The fraction of sp³-hybridized carbons (Fsp3) is 0.556. The van der Waals surface area contributed by atoms with Crippen LogP contribution in [-0.2, 0) is 23.8 Å². The number of rotatable bonds is 3. The van der Waals surface area contributed by atoms with Crippen molar-refractivity contribution in [1.82, 2.24) is 0 Å². The summed E-state index contributed by atoms with van der Waals surface area (Å²) in [7, 11) is 0. The molecule has 0 aromatic heterocycles. The molecule has 1 amide bonds. The maximum absolute atomic E-state index is 11.3. The van der Waals surface area contributed by atoms with E-state index in [1.165, 1.54) is 6.92 Å². The zero-order valence-corrected chi connectivity index (χ0v) is 8.84. The SMILES string of the molecule is CCOC(=O)C1OC(=O)OC1C=NC(C)=O. The van der Waals surface area contributed by atoms with E-state index in [1.54, 1.807) is 6.92 Å². The lowest BCUT2D eigenvalue weighted by atomic mass is 10.2. The molecular weight excluding hydrogens is 218 g/mol. The van der Waals surface area contributed by atoms with Gasteiger partial charge in [-0.1, -0.05) is 0 Å². The third-order valence-corrected chi connectivity index (χ3v) is 1.68. The first-order chi connectivity index (χ1) is 7.54. The molecule has 2 atom stereocenters. The van der Waals surface area contributed by atoms with E-state index >= 15 is 0 Å². The molecular formula is C9H11NO6. The van der Waals surface area contributed by atoms with Gasteiger partial charge in [-0.3, -0.25) is 4.79 Å². The summed E-state index contributed by atoms with van der Waals surface area (Å²) in [6, 6.07) is 0. The Hall–Kier alpha value is -1.92. The van der Waals surface area contributed by atoms with E-state index in [0.717, 1.165) is 6.21 Å². The van der Waals surface area contributed by atoms with E-state index in [9.17, 15) is 14.4 Å². The zero-order chi connectivity index (χ0) is 12.1. The molecule has 0 radical (unpaired) electrons. The first-order valence-electron chi connectivity index (χ1n) is 4.63. The van der Waals surface area contributed by atoms with Crippen molar-refractivity contribution < 1.29 is 28.6 Å². The standard InChI is InChI=1S/C9H11NO6/c1-3-14-8(12)7-6(4-10-5(2)11)15-9(13)16-7/h4,6-7H,3H2,1-2H3. The number of aliphatic imine (C=N–C) groups is 1. The first kappa shape index (κ1) is 12.2. The van der Waals surface area contributed by atoms with Crippen molar-refractivity contribution in [3.05, 3.63) is 0 Å². The lowest BCUT2D eigenvalue weighted by Crippen LogP contribution is -2.34. The van der Waals surface area contributed by atoms with E-state index in [1.807, 2.05) is 0 Å². The van der Waals surface area contributed by atoms with Crippen LogP contribution in [0.2, 0.25) is 0 Å². The molecule has 1 saturated heterocycles. The van der Waals surface area contributed by atoms with E-state index in [2.05, 4.69) is 19.2 Å². The summed E-state index contributed by atoms with van der Waals surface area (Å²) in [5.74, 6) is -1.20. The maximum atomic E-state index is 11.3. The van der Waals surface area contributed by atoms with Gasteiger partial charge in [0.1, 0.15) is 0 Å². The Kier molecular flexibility index (Phi) is 3.98. The van der Waals surface area contributed by atoms with Crippen LogP contribution in [0, 0.1) is 0 Å². The van der Waals surface area contributed by atoms with Crippen LogP contribution >= 0.6 is 0 Å².